The second kappa shape index (κ2) is 5.14. The molecule has 1 amide bonds. The van der Waals surface area contributed by atoms with Gasteiger partial charge in [-0.05, 0) is 43.3 Å². The third kappa shape index (κ3) is 2.69. The molecular formula is C13H15N3O2S. The third-order valence-electron chi connectivity index (χ3n) is 3.30. The van der Waals surface area contributed by atoms with Crippen LogP contribution in [-0.2, 0) is 0 Å². The lowest BCUT2D eigenvalue weighted by Crippen LogP contribution is -2.45. The number of aromatic nitrogens is 1. The van der Waals surface area contributed by atoms with Gasteiger partial charge in [-0.15, -0.1) is 0 Å². The molecule has 2 heterocycles. The monoisotopic (exact) mass is 277 g/mol. The minimum Gasteiger partial charge on any atom is -0.429 e. The Morgan fingerprint density at radius 3 is 2.89 bits per heavy atom. The number of nitrogens with one attached hydrogen (secondary N) is 2. The highest BCUT2D eigenvalue weighted by molar-refractivity contribution is 7.71. The fraction of sp³-hybridized carbons (Fsp3) is 0.385. The van der Waals surface area contributed by atoms with E-state index in [1.165, 1.54) is 6.42 Å². The zero-order chi connectivity index (χ0) is 13.2. The summed E-state index contributed by atoms with van der Waals surface area (Å²) in [5.41, 5.74) is 4.92. The molecule has 0 saturated carbocycles. The Bertz CT molecular complexity index is 655. The third-order valence-corrected chi connectivity index (χ3v) is 3.48. The summed E-state index contributed by atoms with van der Waals surface area (Å²) in [5.74, 6) is -0.105. The summed E-state index contributed by atoms with van der Waals surface area (Å²) in [6.45, 7) is 1.83. The molecule has 1 aromatic carbocycles. The Balaban J connectivity index is 1.78. The fourth-order valence-electron chi connectivity index (χ4n) is 2.30. The van der Waals surface area contributed by atoms with Crippen LogP contribution in [0.25, 0.3) is 11.1 Å². The van der Waals surface area contributed by atoms with E-state index in [1.54, 1.807) is 18.2 Å². The van der Waals surface area contributed by atoms with Crippen LogP contribution in [0.1, 0.15) is 29.6 Å². The van der Waals surface area contributed by atoms with Crippen LogP contribution in [0, 0.1) is 4.84 Å². The van der Waals surface area contributed by atoms with Gasteiger partial charge < -0.3 is 9.40 Å². The molecule has 100 valence electrons. The maximum absolute atomic E-state index is 12.1. The number of oxazole rings is 1. The van der Waals surface area contributed by atoms with E-state index in [-0.39, 0.29) is 5.91 Å². The molecule has 2 N–H and O–H groups in total. The molecule has 5 nitrogen and oxygen atoms in total. The van der Waals surface area contributed by atoms with Gasteiger partial charge in [0.2, 0.25) is 0 Å². The van der Waals surface area contributed by atoms with Crippen molar-refractivity contribution < 1.29 is 9.21 Å². The molecule has 19 heavy (non-hydrogen) atoms. The molecule has 1 aliphatic heterocycles. The van der Waals surface area contributed by atoms with Crippen LogP contribution in [0.15, 0.2) is 22.6 Å². The highest BCUT2D eigenvalue weighted by Crippen LogP contribution is 2.15. The van der Waals surface area contributed by atoms with Crippen molar-refractivity contribution in [3.63, 3.8) is 0 Å². The van der Waals surface area contributed by atoms with Crippen LogP contribution in [0.5, 0.6) is 0 Å². The SMILES string of the molecule is O=C(NN1CCCCC1)c1ccc2[nH]c(=S)oc2c1. The summed E-state index contributed by atoms with van der Waals surface area (Å²) in [5, 5.41) is 1.98. The van der Waals surface area contributed by atoms with E-state index in [9.17, 15) is 4.79 Å². The molecular weight excluding hydrogens is 262 g/mol. The molecule has 1 aliphatic rings. The molecule has 0 unspecified atom stereocenters. The van der Waals surface area contributed by atoms with E-state index in [1.807, 2.05) is 5.01 Å². The van der Waals surface area contributed by atoms with Crippen LogP contribution < -0.4 is 5.43 Å². The Kier molecular flexibility index (Phi) is 3.35. The van der Waals surface area contributed by atoms with Gasteiger partial charge in [0, 0.05) is 18.7 Å². The molecule has 0 radical (unpaired) electrons. The van der Waals surface area contributed by atoms with Crippen molar-refractivity contribution in [2.45, 2.75) is 19.3 Å². The average Bonchev–Trinajstić information content (AvgIpc) is 2.78. The zero-order valence-corrected chi connectivity index (χ0v) is 11.3. The second-order valence-corrected chi connectivity index (χ2v) is 5.08. The van der Waals surface area contributed by atoms with Gasteiger partial charge in [0.25, 0.3) is 10.7 Å². The largest absolute Gasteiger partial charge is 0.429 e. The molecule has 1 saturated heterocycles. The fourth-order valence-corrected chi connectivity index (χ4v) is 2.50. The average molecular weight is 277 g/mol. The number of hydrazine groups is 1. The number of H-pyrrole nitrogens is 1. The van der Waals surface area contributed by atoms with Gasteiger partial charge in [-0.25, -0.2) is 5.01 Å². The van der Waals surface area contributed by atoms with Gasteiger partial charge in [0.05, 0.1) is 5.52 Å². The molecule has 2 aromatic rings. The summed E-state index contributed by atoms with van der Waals surface area (Å²) in [4.78, 5) is 15.4. The van der Waals surface area contributed by atoms with Crippen LogP contribution in [0.4, 0.5) is 0 Å². The number of fused-ring (bicyclic) bond motifs is 1. The summed E-state index contributed by atoms with van der Waals surface area (Å²) in [7, 11) is 0. The van der Waals surface area contributed by atoms with E-state index in [0.717, 1.165) is 31.4 Å². The predicted molar refractivity (Wildman–Crippen MR) is 74.3 cm³/mol. The Labute approximate surface area is 115 Å². The first-order valence-corrected chi connectivity index (χ1v) is 6.82. The number of benzene rings is 1. The van der Waals surface area contributed by atoms with Crippen molar-refractivity contribution in [3.8, 4) is 0 Å². The number of carbonyl (C=O) groups is 1. The van der Waals surface area contributed by atoms with E-state index in [0.29, 0.717) is 16.0 Å². The first-order valence-electron chi connectivity index (χ1n) is 6.41. The lowest BCUT2D eigenvalue weighted by molar-refractivity contribution is 0.0750. The second-order valence-electron chi connectivity index (χ2n) is 4.71. The van der Waals surface area contributed by atoms with E-state index in [4.69, 9.17) is 16.6 Å². The van der Waals surface area contributed by atoms with Crippen molar-refractivity contribution >= 4 is 29.2 Å². The minimum atomic E-state index is -0.105. The highest BCUT2D eigenvalue weighted by atomic mass is 32.1. The number of nitrogens with zero attached hydrogens (tertiary/aromatic N) is 1. The number of aromatic amines is 1. The maximum atomic E-state index is 12.1. The van der Waals surface area contributed by atoms with Gasteiger partial charge in [-0.2, -0.15) is 0 Å². The minimum absolute atomic E-state index is 0.105. The van der Waals surface area contributed by atoms with Crippen molar-refractivity contribution in [1.82, 2.24) is 15.4 Å². The smallest absolute Gasteiger partial charge is 0.266 e. The van der Waals surface area contributed by atoms with Gasteiger partial charge in [0.1, 0.15) is 0 Å². The van der Waals surface area contributed by atoms with Crippen molar-refractivity contribution in [1.29, 1.82) is 0 Å². The number of amides is 1. The Hall–Kier alpha value is -1.66. The molecule has 1 aromatic heterocycles. The first kappa shape index (κ1) is 12.4. The molecule has 0 atom stereocenters. The van der Waals surface area contributed by atoms with E-state index < -0.39 is 0 Å². The molecule has 0 spiro atoms. The molecule has 1 fully saturated rings. The first-order chi connectivity index (χ1) is 9.22. The number of piperidine rings is 1. The number of hydrogen-bond acceptors (Lipinski definition) is 4. The topological polar surface area (TPSA) is 61.3 Å². The summed E-state index contributed by atoms with van der Waals surface area (Å²) >= 11 is 4.92. The van der Waals surface area contributed by atoms with Crippen LogP contribution in [0.3, 0.4) is 0 Å². The Morgan fingerprint density at radius 1 is 1.32 bits per heavy atom. The van der Waals surface area contributed by atoms with Crippen LogP contribution >= 0.6 is 12.2 Å². The number of carbonyl (C=O) groups excluding carboxylic acids is 1. The van der Waals surface area contributed by atoms with Gasteiger partial charge in [-0.3, -0.25) is 10.2 Å². The lowest BCUT2D eigenvalue weighted by atomic mass is 10.1. The summed E-state index contributed by atoms with van der Waals surface area (Å²) in [6.07, 6.45) is 3.50. The predicted octanol–water partition coefficient (Wildman–Crippen LogP) is 2.62. The van der Waals surface area contributed by atoms with Crippen molar-refractivity contribution in [2.75, 3.05) is 13.1 Å². The molecule has 6 heteroatoms. The van der Waals surface area contributed by atoms with Gasteiger partial charge in [-0.1, -0.05) is 6.42 Å². The van der Waals surface area contributed by atoms with Crippen molar-refractivity contribution in [3.05, 3.63) is 28.6 Å². The highest BCUT2D eigenvalue weighted by Gasteiger charge is 2.14. The standard InChI is InChI=1S/C13H15N3O2S/c17-12(15-16-6-2-1-3-7-16)9-4-5-10-11(8-9)18-13(19)14-10/h4-5,8H,1-3,6-7H2,(H,14,19)(H,15,17). The van der Waals surface area contributed by atoms with Crippen LogP contribution in [-0.4, -0.2) is 29.0 Å². The molecule has 0 aliphatic carbocycles. The quantitative estimate of drug-likeness (QED) is 0.828. The van der Waals surface area contributed by atoms with Crippen LogP contribution in [0.2, 0.25) is 0 Å². The van der Waals surface area contributed by atoms with E-state index in [2.05, 4.69) is 10.4 Å². The Morgan fingerprint density at radius 2 is 2.11 bits per heavy atom. The zero-order valence-electron chi connectivity index (χ0n) is 10.4. The normalized spacial score (nSPS) is 16.6. The molecule has 0 bridgehead atoms. The number of rotatable bonds is 2. The van der Waals surface area contributed by atoms with E-state index >= 15 is 0 Å². The molecule has 3 rings (SSSR count). The lowest BCUT2D eigenvalue weighted by Gasteiger charge is -2.26. The summed E-state index contributed by atoms with van der Waals surface area (Å²) in [6, 6.07) is 5.28. The maximum Gasteiger partial charge on any atom is 0.266 e. The van der Waals surface area contributed by atoms with Crippen molar-refractivity contribution in [2.24, 2.45) is 0 Å². The van der Waals surface area contributed by atoms with Gasteiger partial charge >= 0.3 is 0 Å². The number of hydrogen-bond donors (Lipinski definition) is 2. The van der Waals surface area contributed by atoms with Gasteiger partial charge in [0.15, 0.2) is 5.58 Å². The summed E-state index contributed by atoms with van der Waals surface area (Å²) < 4.78 is 5.31.